The van der Waals surface area contributed by atoms with Crippen LogP contribution in [0, 0.1) is 0 Å². The van der Waals surface area contributed by atoms with E-state index >= 15 is 0 Å². The number of amidine groups is 1. The molecule has 0 aliphatic carbocycles. The predicted octanol–water partition coefficient (Wildman–Crippen LogP) is 4.82. The number of carbonyl (C=O) groups excluding carboxylic acids is 1. The maximum atomic E-state index is 12.2. The van der Waals surface area contributed by atoms with E-state index in [0.29, 0.717) is 20.3 Å². The van der Waals surface area contributed by atoms with Crippen molar-refractivity contribution in [3.63, 3.8) is 0 Å². The van der Waals surface area contributed by atoms with Crippen LogP contribution in [0.25, 0.3) is 6.08 Å². The monoisotopic (exact) mass is 482 g/mol. The van der Waals surface area contributed by atoms with Crippen LogP contribution in [0.4, 0.5) is 5.69 Å². The second kappa shape index (κ2) is 7.63. The van der Waals surface area contributed by atoms with Crippen LogP contribution in [0.3, 0.4) is 0 Å². The zero-order valence-electron chi connectivity index (χ0n) is 12.9. The van der Waals surface area contributed by atoms with Crippen molar-refractivity contribution in [3.8, 4) is 11.5 Å². The number of aliphatic imine (C=N–C) groups is 1. The van der Waals surface area contributed by atoms with Gasteiger partial charge in [-0.1, -0.05) is 15.9 Å². The number of carbonyl (C=O) groups is 1. The Bertz CT molecular complexity index is 896. The lowest BCUT2D eigenvalue weighted by Gasteiger charge is -2.06. The van der Waals surface area contributed by atoms with Crippen molar-refractivity contribution in [3.05, 3.63) is 55.8 Å². The third-order valence-corrected chi connectivity index (χ3v) is 5.32. The van der Waals surface area contributed by atoms with E-state index in [4.69, 9.17) is 4.74 Å². The molecule has 2 aromatic rings. The van der Waals surface area contributed by atoms with E-state index in [1.54, 1.807) is 18.2 Å². The van der Waals surface area contributed by atoms with Gasteiger partial charge in [0, 0.05) is 4.47 Å². The molecule has 1 fully saturated rings. The summed E-state index contributed by atoms with van der Waals surface area (Å²) < 4.78 is 6.58. The summed E-state index contributed by atoms with van der Waals surface area (Å²) in [6.45, 7) is 0. The molecule has 0 aromatic heterocycles. The zero-order chi connectivity index (χ0) is 18.0. The number of hydrogen-bond donors (Lipinski definition) is 2. The smallest absolute Gasteiger partial charge is 0.264 e. The minimum Gasteiger partial charge on any atom is -0.503 e. The lowest BCUT2D eigenvalue weighted by Crippen LogP contribution is -2.19. The van der Waals surface area contributed by atoms with Gasteiger partial charge in [-0.05, 0) is 75.7 Å². The Morgan fingerprint density at radius 3 is 2.64 bits per heavy atom. The van der Waals surface area contributed by atoms with Crippen molar-refractivity contribution in [2.75, 3.05) is 7.11 Å². The van der Waals surface area contributed by atoms with Crippen molar-refractivity contribution in [2.24, 2.45) is 4.99 Å². The second-order valence-corrected chi connectivity index (χ2v) is 7.81. The summed E-state index contributed by atoms with van der Waals surface area (Å²) in [6, 6.07) is 10.9. The SMILES string of the molecule is COc1cc(C=C2SC(=Nc3ccc(Br)cc3)NC2=O)cc(Br)c1O. The Labute approximate surface area is 165 Å². The summed E-state index contributed by atoms with van der Waals surface area (Å²) in [7, 11) is 1.47. The number of amides is 1. The Morgan fingerprint density at radius 2 is 1.96 bits per heavy atom. The number of phenolic OH excluding ortho intramolecular Hbond substituents is 1. The Balaban J connectivity index is 1.86. The molecular weight excluding hydrogens is 472 g/mol. The summed E-state index contributed by atoms with van der Waals surface area (Å²) >= 11 is 7.90. The number of nitrogens with one attached hydrogen (secondary N) is 1. The second-order valence-electron chi connectivity index (χ2n) is 5.01. The Kier molecular flexibility index (Phi) is 5.51. The van der Waals surface area contributed by atoms with Gasteiger partial charge in [0.25, 0.3) is 5.91 Å². The van der Waals surface area contributed by atoms with Gasteiger partial charge in [0.1, 0.15) is 0 Å². The average Bonchev–Trinajstić information content (AvgIpc) is 2.92. The molecular formula is C17H12Br2N2O3S. The van der Waals surface area contributed by atoms with E-state index in [1.807, 2.05) is 24.3 Å². The standard InChI is InChI=1S/C17H12Br2N2O3S/c1-24-13-7-9(6-12(19)15(13)22)8-14-16(23)21-17(25-14)20-11-4-2-10(18)3-5-11/h2-8,22H,1H3,(H,20,21,23). The van der Waals surface area contributed by atoms with Crippen LogP contribution in [-0.4, -0.2) is 23.3 Å². The summed E-state index contributed by atoms with van der Waals surface area (Å²) in [5, 5.41) is 13.1. The van der Waals surface area contributed by atoms with Gasteiger partial charge in [-0.2, -0.15) is 0 Å². The maximum absolute atomic E-state index is 12.2. The highest BCUT2D eigenvalue weighted by Gasteiger charge is 2.24. The van der Waals surface area contributed by atoms with Gasteiger partial charge in [0.15, 0.2) is 16.7 Å². The van der Waals surface area contributed by atoms with E-state index in [-0.39, 0.29) is 11.7 Å². The fourth-order valence-corrected chi connectivity index (χ4v) is 3.66. The highest BCUT2D eigenvalue weighted by atomic mass is 79.9. The van der Waals surface area contributed by atoms with Gasteiger partial charge in [0.05, 0.1) is 22.2 Å². The normalized spacial score (nSPS) is 17.2. The number of halogens is 2. The number of ether oxygens (including phenoxy) is 1. The van der Waals surface area contributed by atoms with Crippen molar-refractivity contribution in [1.29, 1.82) is 0 Å². The molecule has 2 N–H and O–H groups in total. The summed E-state index contributed by atoms with van der Waals surface area (Å²) in [6.07, 6.45) is 1.72. The van der Waals surface area contributed by atoms with Crippen LogP contribution < -0.4 is 10.1 Å². The molecule has 0 radical (unpaired) electrons. The molecule has 1 aliphatic heterocycles. The molecule has 8 heteroatoms. The molecule has 1 amide bonds. The number of rotatable bonds is 3. The van der Waals surface area contributed by atoms with Crippen LogP contribution in [-0.2, 0) is 4.79 Å². The van der Waals surface area contributed by atoms with E-state index in [1.165, 1.54) is 18.9 Å². The van der Waals surface area contributed by atoms with E-state index in [2.05, 4.69) is 42.2 Å². The van der Waals surface area contributed by atoms with E-state index in [0.717, 1.165) is 15.7 Å². The molecule has 0 spiro atoms. The van der Waals surface area contributed by atoms with Gasteiger partial charge < -0.3 is 15.2 Å². The number of aromatic hydroxyl groups is 1. The molecule has 1 heterocycles. The highest BCUT2D eigenvalue weighted by Crippen LogP contribution is 2.37. The van der Waals surface area contributed by atoms with E-state index in [9.17, 15) is 9.90 Å². The predicted molar refractivity (Wildman–Crippen MR) is 107 cm³/mol. The average molecular weight is 484 g/mol. The van der Waals surface area contributed by atoms with Crippen molar-refractivity contribution < 1.29 is 14.6 Å². The first kappa shape index (κ1) is 18.0. The van der Waals surface area contributed by atoms with Crippen LogP contribution in [0.2, 0.25) is 0 Å². The van der Waals surface area contributed by atoms with Crippen molar-refractivity contribution in [1.82, 2.24) is 5.32 Å². The number of benzene rings is 2. The third-order valence-electron chi connectivity index (χ3n) is 3.28. The molecule has 128 valence electrons. The number of phenols is 1. The lowest BCUT2D eigenvalue weighted by atomic mass is 10.2. The third kappa shape index (κ3) is 4.26. The molecule has 25 heavy (non-hydrogen) atoms. The fourth-order valence-electron chi connectivity index (χ4n) is 2.10. The van der Waals surface area contributed by atoms with Gasteiger partial charge >= 0.3 is 0 Å². The van der Waals surface area contributed by atoms with E-state index < -0.39 is 0 Å². The lowest BCUT2D eigenvalue weighted by molar-refractivity contribution is -0.115. The largest absolute Gasteiger partial charge is 0.503 e. The summed E-state index contributed by atoms with van der Waals surface area (Å²) in [4.78, 5) is 17.1. The number of methoxy groups -OCH3 is 1. The van der Waals surface area contributed by atoms with Gasteiger partial charge in [-0.3, -0.25) is 4.79 Å². The molecule has 2 aromatic carbocycles. The Morgan fingerprint density at radius 1 is 1.24 bits per heavy atom. The zero-order valence-corrected chi connectivity index (χ0v) is 16.9. The number of thioether (sulfide) groups is 1. The molecule has 0 saturated carbocycles. The molecule has 0 unspecified atom stereocenters. The fraction of sp³-hybridized carbons (Fsp3) is 0.0588. The molecule has 0 atom stereocenters. The number of nitrogens with zero attached hydrogens (tertiary/aromatic N) is 1. The topological polar surface area (TPSA) is 70.9 Å². The van der Waals surface area contributed by atoms with Gasteiger partial charge in [-0.25, -0.2) is 4.99 Å². The van der Waals surface area contributed by atoms with Gasteiger partial charge in [-0.15, -0.1) is 0 Å². The van der Waals surface area contributed by atoms with Crippen LogP contribution in [0.5, 0.6) is 11.5 Å². The van der Waals surface area contributed by atoms with Crippen LogP contribution in [0.15, 0.2) is 55.2 Å². The quantitative estimate of drug-likeness (QED) is 0.614. The van der Waals surface area contributed by atoms with Crippen molar-refractivity contribution >= 4 is 66.5 Å². The minimum absolute atomic E-state index is 0.0191. The molecule has 3 rings (SSSR count). The minimum atomic E-state index is -0.218. The number of hydrogen-bond acceptors (Lipinski definition) is 5. The summed E-state index contributed by atoms with van der Waals surface area (Å²) in [5.41, 5.74) is 1.48. The summed E-state index contributed by atoms with van der Waals surface area (Å²) in [5.74, 6) is 0.128. The van der Waals surface area contributed by atoms with Crippen LogP contribution in [0.1, 0.15) is 5.56 Å². The highest BCUT2D eigenvalue weighted by molar-refractivity contribution is 9.10. The first-order valence-electron chi connectivity index (χ1n) is 7.08. The molecule has 0 bridgehead atoms. The first-order chi connectivity index (χ1) is 12.0. The first-order valence-corrected chi connectivity index (χ1v) is 9.48. The van der Waals surface area contributed by atoms with Crippen molar-refractivity contribution in [2.45, 2.75) is 0 Å². The Hall–Kier alpha value is -1.77. The molecule has 1 aliphatic rings. The maximum Gasteiger partial charge on any atom is 0.264 e. The molecule has 1 saturated heterocycles. The van der Waals surface area contributed by atoms with Gasteiger partial charge in [0.2, 0.25) is 0 Å². The van der Waals surface area contributed by atoms with Crippen LogP contribution >= 0.6 is 43.6 Å². The molecule has 5 nitrogen and oxygen atoms in total.